The Morgan fingerprint density at radius 3 is 2.33 bits per heavy atom. The number of halogens is 1. The average Bonchev–Trinajstić information content (AvgIpc) is 2.68. The molecule has 3 aromatic rings. The monoisotopic (exact) mass is 566 g/mol. The molecule has 0 atom stereocenters. The topological polar surface area (TPSA) is 13.1 Å². The van der Waals surface area contributed by atoms with Crippen molar-refractivity contribution >= 4 is 26.9 Å². The van der Waals surface area contributed by atoms with E-state index in [9.17, 15) is 0 Å². The average molecular weight is 567 g/mol. The summed E-state index contributed by atoms with van der Waals surface area (Å²) in [5.74, 6) is 0.883. The Kier molecular flexibility index (Phi) is 10.6. The maximum Gasteiger partial charge on any atom is 0.148 e. The molecule has 0 bridgehead atoms. The van der Waals surface area contributed by atoms with Gasteiger partial charge in [0.2, 0.25) is 0 Å². The van der Waals surface area contributed by atoms with Crippen molar-refractivity contribution in [3.05, 3.63) is 65.0 Å². The summed E-state index contributed by atoms with van der Waals surface area (Å²) in [4.78, 5) is 0. The van der Waals surface area contributed by atoms with Gasteiger partial charge in [-0.25, -0.2) is 0 Å². The van der Waals surface area contributed by atoms with Crippen molar-refractivity contribution in [1.82, 2.24) is 0 Å². The molecule has 2 aromatic carbocycles. The Morgan fingerprint density at radius 2 is 1.67 bits per heavy atom. The van der Waals surface area contributed by atoms with Crippen LogP contribution in [0.4, 0.5) is 0 Å². The number of fused-ring (bicyclic) bond motifs is 1. The number of furan rings is 1. The summed E-state index contributed by atoms with van der Waals surface area (Å²) in [6.45, 7) is 6.03. The van der Waals surface area contributed by atoms with E-state index in [1.165, 1.54) is 5.56 Å². The standard InChI is InChI=1S/C16H12BrO.3Y/c1-10-7-8-14-13(9-10)15(17)16(18-14)12-6-4-3-5-11(12)2;;;/h3-9H,1H2,2H3;;;/q-1;;;. The fraction of sp³-hybridized carbons (Fsp3) is 0.0625. The second kappa shape index (κ2) is 9.82. The summed E-state index contributed by atoms with van der Waals surface area (Å²) in [5.41, 5.74) is 4.19. The van der Waals surface area contributed by atoms with Crippen LogP contribution in [-0.2, 0) is 98.1 Å². The van der Waals surface area contributed by atoms with Crippen LogP contribution in [-0.4, -0.2) is 0 Å². The largest absolute Gasteiger partial charge is 0.457 e. The molecule has 0 N–H and O–H groups in total. The Morgan fingerprint density at radius 1 is 1.00 bits per heavy atom. The SMILES string of the molecule is [CH2-]c1ccc2oc(-c3ccccc3C)c(Br)c2c1.[Y].[Y].[Y]. The predicted octanol–water partition coefficient (Wildman–Crippen LogP) is 5.35. The van der Waals surface area contributed by atoms with Crippen LogP contribution in [0.1, 0.15) is 11.1 Å². The van der Waals surface area contributed by atoms with Crippen molar-refractivity contribution in [2.75, 3.05) is 0 Å². The second-order valence-corrected chi connectivity index (χ2v) is 5.18. The van der Waals surface area contributed by atoms with Gasteiger partial charge in [-0.3, -0.25) is 0 Å². The summed E-state index contributed by atoms with van der Waals surface area (Å²) in [6, 6.07) is 14.2. The smallest absolute Gasteiger partial charge is 0.148 e. The van der Waals surface area contributed by atoms with E-state index in [2.05, 4.69) is 41.9 Å². The fourth-order valence-electron chi connectivity index (χ4n) is 2.12. The first-order valence-electron chi connectivity index (χ1n) is 5.77. The summed E-state index contributed by atoms with van der Waals surface area (Å²) < 4.78 is 6.94. The summed E-state index contributed by atoms with van der Waals surface area (Å²) in [5, 5.41) is 1.07. The Balaban J connectivity index is 0.00000133. The fourth-order valence-corrected chi connectivity index (χ4v) is 2.72. The zero-order valence-electron chi connectivity index (χ0n) is 11.8. The number of hydrogen-bond acceptors (Lipinski definition) is 1. The Hall–Kier alpha value is 1.64. The van der Waals surface area contributed by atoms with Gasteiger partial charge in [0.15, 0.2) is 0 Å². The van der Waals surface area contributed by atoms with Gasteiger partial charge in [0.05, 0.1) is 4.47 Å². The first kappa shape index (κ1) is 22.6. The van der Waals surface area contributed by atoms with Crippen molar-refractivity contribution in [3.63, 3.8) is 0 Å². The molecule has 3 radical (unpaired) electrons. The first-order chi connectivity index (χ1) is 8.66. The maximum absolute atomic E-state index is 5.95. The van der Waals surface area contributed by atoms with E-state index in [1.54, 1.807) is 0 Å². The number of benzene rings is 2. The Bertz CT molecular complexity index is 737. The summed E-state index contributed by atoms with van der Waals surface area (Å²) in [6.07, 6.45) is 0. The van der Waals surface area contributed by atoms with Crippen molar-refractivity contribution in [2.24, 2.45) is 0 Å². The molecular weight excluding hydrogens is 555 g/mol. The molecule has 0 fully saturated rings. The van der Waals surface area contributed by atoms with E-state index in [-0.39, 0.29) is 98.1 Å². The zero-order chi connectivity index (χ0) is 12.7. The second-order valence-electron chi connectivity index (χ2n) is 4.39. The molecule has 0 saturated heterocycles. The van der Waals surface area contributed by atoms with Crippen LogP contribution in [0, 0.1) is 13.8 Å². The van der Waals surface area contributed by atoms with E-state index >= 15 is 0 Å². The van der Waals surface area contributed by atoms with Gasteiger partial charge in [-0.05, 0) is 33.8 Å². The molecule has 0 spiro atoms. The van der Waals surface area contributed by atoms with Crippen LogP contribution in [0.25, 0.3) is 22.3 Å². The van der Waals surface area contributed by atoms with Gasteiger partial charge >= 0.3 is 0 Å². The molecule has 99 valence electrons. The molecule has 0 aliphatic carbocycles. The van der Waals surface area contributed by atoms with Crippen molar-refractivity contribution < 1.29 is 103 Å². The van der Waals surface area contributed by atoms with Gasteiger partial charge < -0.3 is 4.42 Å². The molecule has 1 heterocycles. The van der Waals surface area contributed by atoms with Gasteiger partial charge in [-0.15, -0.1) is 0 Å². The van der Waals surface area contributed by atoms with E-state index in [0.29, 0.717) is 0 Å². The molecular formula is C16H12BrOY3-. The van der Waals surface area contributed by atoms with Crippen LogP contribution >= 0.6 is 15.9 Å². The summed E-state index contributed by atoms with van der Waals surface area (Å²) >= 11 is 3.64. The van der Waals surface area contributed by atoms with Crippen LogP contribution in [0.5, 0.6) is 0 Å². The van der Waals surface area contributed by atoms with E-state index in [4.69, 9.17) is 4.42 Å². The van der Waals surface area contributed by atoms with Crippen molar-refractivity contribution in [3.8, 4) is 11.3 Å². The first-order valence-corrected chi connectivity index (χ1v) is 6.56. The van der Waals surface area contributed by atoms with Gasteiger partial charge in [0.25, 0.3) is 0 Å². The zero-order valence-corrected chi connectivity index (χ0v) is 21.9. The molecule has 21 heavy (non-hydrogen) atoms. The number of hydrogen-bond donors (Lipinski definition) is 0. The van der Waals surface area contributed by atoms with Crippen molar-refractivity contribution in [1.29, 1.82) is 0 Å². The van der Waals surface area contributed by atoms with E-state index in [0.717, 1.165) is 32.3 Å². The van der Waals surface area contributed by atoms with Crippen LogP contribution in [0.3, 0.4) is 0 Å². The van der Waals surface area contributed by atoms with Crippen molar-refractivity contribution in [2.45, 2.75) is 6.92 Å². The molecule has 1 nitrogen and oxygen atoms in total. The van der Waals surface area contributed by atoms with E-state index < -0.39 is 0 Å². The quantitative estimate of drug-likeness (QED) is 0.362. The van der Waals surface area contributed by atoms with Crippen LogP contribution in [0.15, 0.2) is 51.4 Å². The number of rotatable bonds is 1. The normalized spacial score (nSPS) is 9.43. The van der Waals surface area contributed by atoms with Crippen LogP contribution < -0.4 is 0 Å². The molecule has 0 amide bonds. The third kappa shape index (κ3) is 4.81. The Labute approximate surface area is 209 Å². The minimum Gasteiger partial charge on any atom is -0.457 e. The minimum absolute atomic E-state index is 0. The maximum atomic E-state index is 5.95. The molecule has 0 aliphatic rings. The van der Waals surface area contributed by atoms with Crippen LogP contribution in [0.2, 0.25) is 0 Å². The molecule has 0 saturated carbocycles. The van der Waals surface area contributed by atoms with Gasteiger partial charge in [0.1, 0.15) is 11.3 Å². The molecule has 5 heteroatoms. The number of aryl methyl sites for hydroxylation is 1. The third-order valence-electron chi connectivity index (χ3n) is 3.08. The van der Waals surface area contributed by atoms with E-state index in [1.807, 2.05) is 30.3 Å². The predicted molar refractivity (Wildman–Crippen MR) is 78.5 cm³/mol. The molecule has 1 aromatic heterocycles. The minimum atomic E-state index is 0. The third-order valence-corrected chi connectivity index (χ3v) is 3.87. The van der Waals surface area contributed by atoms with Gasteiger partial charge in [-0.2, -0.15) is 24.6 Å². The van der Waals surface area contributed by atoms with Gasteiger partial charge in [0, 0.05) is 104 Å². The molecule has 3 rings (SSSR count). The van der Waals surface area contributed by atoms with Gasteiger partial charge in [-0.1, -0.05) is 30.3 Å². The summed E-state index contributed by atoms with van der Waals surface area (Å²) in [7, 11) is 0. The molecule has 0 aliphatic heterocycles. The molecule has 0 unspecified atom stereocenters.